The Labute approximate surface area is 114 Å². The molecule has 0 aromatic heterocycles. The van der Waals surface area contributed by atoms with Crippen molar-refractivity contribution >= 4 is 0 Å². The zero-order valence-corrected chi connectivity index (χ0v) is 12.1. The number of hydrogen-bond donors (Lipinski definition) is 2. The quantitative estimate of drug-likeness (QED) is 0.855. The summed E-state index contributed by atoms with van der Waals surface area (Å²) in [5.41, 5.74) is 0.874. The maximum absolute atomic E-state index is 9.29. The minimum Gasteiger partial charge on any atom is -0.454 e. The minimum absolute atomic E-state index is 0.0482. The smallest absolute Gasteiger partial charge is 0.231 e. The highest BCUT2D eigenvalue weighted by Crippen LogP contribution is 2.36. The highest BCUT2D eigenvalue weighted by Gasteiger charge is 2.26. The molecule has 0 radical (unpaired) electrons. The van der Waals surface area contributed by atoms with Crippen LogP contribution >= 0.6 is 0 Å². The van der Waals surface area contributed by atoms with E-state index < -0.39 is 0 Å². The Morgan fingerprint density at radius 3 is 2.53 bits per heavy atom. The molecule has 4 nitrogen and oxygen atoms in total. The zero-order chi connectivity index (χ0) is 14.1. The maximum Gasteiger partial charge on any atom is 0.231 e. The lowest BCUT2D eigenvalue weighted by molar-refractivity contribution is 0.173. The molecular formula is C15H23NO3. The Hall–Kier alpha value is -1.26. The normalized spacial score (nSPS) is 14.8. The van der Waals surface area contributed by atoms with Gasteiger partial charge in [-0.3, -0.25) is 0 Å². The third-order valence-electron chi connectivity index (χ3n) is 3.56. The first kappa shape index (κ1) is 14.2. The molecule has 2 N–H and O–H groups in total. The second-order valence-electron chi connectivity index (χ2n) is 6.35. The Morgan fingerprint density at radius 2 is 1.84 bits per heavy atom. The predicted molar refractivity (Wildman–Crippen MR) is 74.8 cm³/mol. The van der Waals surface area contributed by atoms with Crippen molar-refractivity contribution < 1.29 is 14.6 Å². The first-order valence-electron chi connectivity index (χ1n) is 6.60. The molecule has 0 aliphatic carbocycles. The monoisotopic (exact) mass is 265 g/mol. The van der Waals surface area contributed by atoms with E-state index in [9.17, 15) is 5.11 Å². The molecule has 0 atom stereocenters. The van der Waals surface area contributed by atoms with E-state index in [2.05, 4.69) is 25.2 Å². The molecule has 1 aliphatic rings. The van der Waals surface area contributed by atoms with Gasteiger partial charge in [-0.05, 0) is 31.5 Å². The molecule has 2 rings (SSSR count). The summed E-state index contributed by atoms with van der Waals surface area (Å²) in [6.45, 7) is 9.51. The summed E-state index contributed by atoms with van der Waals surface area (Å²) in [5, 5.41) is 12.7. The van der Waals surface area contributed by atoms with Crippen molar-refractivity contribution in [1.29, 1.82) is 0 Å². The van der Waals surface area contributed by atoms with Gasteiger partial charge in [0.2, 0.25) is 6.79 Å². The van der Waals surface area contributed by atoms with Gasteiger partial charge in [0.05, 0.1) is 6.61 Å². The SMILES string of the molecule is CC(C)(CO)NCC(C)(C)c1ccc2c(c1)OCO2. The van der Waals surface area contributed by atoms with Crippen LogP contribution in [0.3, 0.4) is 0 Å². The standard InChI is InChI=1S/C15H23NO3/c1-14(2,8-16-15(3,4)9-17)11-5-6-12-13(7-11)19-10-18-12/h5-7,16-17H,8-10H2,1-4H3. The lowest BCUT2D eigenvalue weighted by Gasteiger charge is -2.32. The average Bonchev–Trinajstić information content (AvgIpc) is 2.84. The van der Waals surface area contributed by atoms with Gasteiger partial charge in [-0.2, -0.15) is 0 Å². The van der Waals surface area contributed by atoms with Crippen molar-refractivity contribution in [3.05, 3.63) is 23.8 Å². The van der Waals surface area contributed by atoms with Gasteiger partial charge in [0.15, 0.2) is 11.5 Å². The molecule has 1 heterocycles. The first-order valence-corrected chi connectivity index (χ1v) is 6.60. The second kappa shape index (κ2) is 5.02. The topological polar surface area (TPSA) is 50.7 Å². The number of fused-ring (bicyclic) bond motifs is 1. The lowest BCUT2D eigenvalue weighted by atomic mass is 9.83. The largest absolute Gasteiger partial charge is 0.454 e. The van der Waals surface area contributed by atoms with E-state index in [1.54, 1.807) is 0 Å². The summed E-state index contributed by atoms with van der Waals surface area (Å²) in [7, 11) is 0. The number of hydrogen-bond acceptors (Lipinski definition) is 4. The highest BCUT2D eigenvalue weighted by atomic mass is 16.7. The summed E-state index contributed by atoms with van der Waals surface area (Å²) in [6.07, 6.45) is 0. The van der Waals surface area contributed by atoms with Crippen LogP contribution < -0.4 is 14.8 Å². The molecule has 0 unspecified atom stereocenters. The van der Waals surface area contributed by atoms with Crippen molar-refractivity contribution in [2.45, 2.75) is 38.6 Å². The van der Waals surface area contributed by atoms with Gasteiger partial charge in [0, 0.05) is 17.5 Å². The molecule has 1 aliphatic heterocycles. The summed E-state index contributed by atoms with van der Waals surface area (Å²) in [6, 6.07) is 6.06. The summed E-state index contributed by atoms with van der Waals surface area (Å²) < 4.78 is 10.7. The molecule has 106 valence electrons. The van der Waals surface area contributed by atoms with Crippen LogP contribution in [0.15, 0.2) is 18.2 Å². The van der Waals surface area contributed by atoms with Crippen LogP contribution in [0.2, 0.25) is 0 Å². The van der Waals surface area contributed by atoms with Crippen molar-refractivity contribution in [2.75, 3.05) is 19.9 Å². The third kappa shape index (κ3) is 3.19. The molecule has 0 amide bonds. The van der Waals surface area contributed by atoms with E-state index >= 15 is 0 Å². The first-order chi connectivity index (χ1) is 8.84. The second-order valence-corrected chi connectivity index (χ2v) is 6.35. The molecule has 4 heteroatoms. The van der Waals surface area contributed by atoms with E-state index in [-0.39, 0.29) is 17.6 Å². The van der Waals surface area contributed by atoms with E-state index in [1.807, 2.05) is 26.0 Å². The van der Waals surface area contributed by atoms with E-state index in [0.29, 0.717) is 6.79 Å². The van der Waals surface area contributed by atoms with Crippen LogP contribution in [-0.2, 0) is 5.41 Å². The number of aliphatic hydroxyl groups is 1. The van der Waals surface area contributed by atoms with Crippen LogP contribution in [-0.4, -0.2) is 30.6 Å². The van der Waals surface area contributed by atoms with Crippen LogP contribution in [0.5, 0.6) is 11.5 Å². The van der Waals surface area contributed by atoms with Gasteiger partial charge in [0.1, 0.15) is 0 Å². The van der Waals surface area contributed by atoms with Crippen LogP contribution in [0.1, 0.15) is 33.3 Å². The molecular weight excluding hydrogens is 242 g/mol. The van der Waals surface area contributed by atoms with Crippen LogP contribution in [0.25, 0.3) is 0 Å². The maximum atomic E-state index is 9.29. The Bertz CT molecular complexity index is 455. The number of rotatable bonds is 5. The van der Waals surface area contributed by atoms with Gasteiger partial charge >= 0.3 is 0 Å². The van der Waals surface area contributed by atoms with Crippen molar-refractivity contribution in [1.82, 2.24) is 5.32 Å². The van der Waals surface area contributed by atoms with E-state index in [1.165, 1.54) is 5.56 Å². The molecule has 0 spiro atoms. The third-order valence-corrected chi connectivity index (χ3v) is 3.56. The number of ether oxygens (including phenoxy) is 2. The number of nitrogens with one attached hydrogen (secondary N) is 1. The van der Waals surface area contributed by atoms with Gasteiger partial charge in [-0.15, -0.1) is 0 Å². The summed E-state index contributed by atoms with van der Waals surface area (Å²) in [5.74, 6) is 1.62. The fourth-order valence-corrected chi connectivity index (χ4v) is 1.94. The minimum atomic E-state index is -0.270. The zero-order valence-electron chi connectivity index (χ0n) is 12.1. The van der Waals surface area contributed by atoms with Gasteiger partial charge < -0.3 is 19.9 Å². The Kier molecular flexibility index (Phi) is 3.74. The molecule has 0 saturated heterocycles. The molecule has 19 heavy (non-hydrogen) atoms. The van der Waals surface area contributed by atoms with Crippen molar-refractivity contribution in [2.24, 2.45) is 0 Å². The number of aliphatic hydroxyl groups excluding tert-OH is 1. The lowest BCUT2D eigenvalue weighted by Crippen LogP contribution is -2.48. The van der Waals surface area contributed by atoms with Crippen molar-refractivity contribution in [3.8, 4) is 11.5 Å². The van der Waals surface area contributed by atoms with Crippen LogP contribution in [0.4, 0.5) is 0 Å². The molecule has 1 aromatic carbocycles. The summed E-state index contributed by atoms with van der Waals surface area (Å²) >= 11 is 0. The molecule has 1 aromatic rings. The fraction of sp³-hybridized carbons (Fsp3) is 0.600. The Morgan fingerprint density at radius 1 is 1.16 bits per heavy atom. The van der Waals surface area contributed by atoms with E-state index in [0.717, 1.165) is 18.0 Å². The van der Waals surface area contributed by atoms with Crippen LogP contribution in [0, 0.1) is 0 Å². The Balaban J connectivity index is 2.11. The predicted octanol–water partition coefficient (Wildman–Crippen LogP) is 2.05. The average molecular weight is 265 g/mol. The van der Waals surface area contributed by atoms with Gasteiger partial charge in [-0.1, -0.05) is 19.9 Å². The fourth-order valence-electron chi connectivity index (χ4n) is 1.94. The van der Waals surface area contributed by atoms with Gasteiger partial charge in [-0.25, -0.2) is 0 Å². The molecule has 0 bridgehead atoms. The van der Waals surface area contributed by atoms with Crippen molar-refractivity contribution in [3.63, 3.8) is 0 Å². The number of benzene rings is 1. The molecule has 0 saturated carbocycles. The van der Waals surface area contributed by atoms with Gasteiger partial charge in [0.25, 0.3) is 0 Å². The van der Waals surface area contributed by atoms with E-state index in [4.69, 9.17) is 9.47 Å². The summed E-state index contributed by atoms with van der Waals surface area (Å²) in [4.78, 5) is 0. The molecule has 0 fully saturated rings. The highest BCUT2D eigenvalue weighted by molar-refractivity contribution is 5.46.